The molecule has 3 heterocycles. The van der Waals surface area contributed by atoms with Crippen LogP contribution in [0.3, 0.4) is 0 Å². The molecule has 0 bridgehead atoms. The molecular weight excluding hydrogens is 250 g/mol. The van der Waals surface area contributed by atoms with Crippen LogP contribution in [0.4, 0.5) is 11.5 Å². The standard InChI is InChI=1S/C15H19N5/c1-2-8-20(9-3-1)15-5-4-13(11-19-15)18-12-14-10-16-6-7-17-14/h4-7,10-11,18H,1-3,8-9,12H2. The molecule has 0 aliphatic carbocycles. The Balaban J connectivity index is 1.58. The maximum atomic E-state index is 4.54. The maximum absolute atomic E-state index is 4.54. The topological polar surface area (TPSA) is 53.9 Å². The Kier molecular flexibility index (Phi) is 4.06. The summed E-state index contributed by atoms with van der Waals surface area (Å²) in [6.07, 6.45) is 10.9. The monoisotopic (exact) mass is 269 g/mol. The molecule has 0 aromatic carbocycles. The van der Waals surface area contributed by atoms with Crippen molar-refractivity contribution in [2.75, 3.05) is 23.3 Å². The molecule has 5 heteroatoms. The number of nitrogens with zero attached hydrogens (tertiary/aromatic N) is 4. The Morgan fingerprint density at radius 2 is 1.90 bits per heavy atom. The number of piperidine rings is 1. The number of nitrogens with one attached hydrogen (secondary N) is 1. The normalized spacial score (nSPS) is 15.1. The van der Waals surface area contributed by atoms with Gasteiger partial charge in [0, 0.05) is 25.5 Å². The lowest BCUT2D eigenvalue weighted by Crippen LogP contribution is -2.30. The van der Waals surface area contributed by atoms with Gasteiger partial charge in [0.25, 0.3) is 0 Å². The second-order valence-corrected chi connectivity index (χ2v) is 5.00. The third-order valence-corrected chi connectivity index (χ3v) is 3.52. The van der Waals surface area contributed by atoms with Crippen molar-refractivity contribution in [2.24, 2.45) is 0 Å². The molecule has 1 N–H and O–H groups in total. The van der Waals surface area contributed by atoms with Crippen molar-refractivity contribution >= 4 is 11.5 Å². The lowest BCUT2D eigenvalue weighted by atomic mass is 10.1. The quantitative estimate of drug-likeness (QED) is 0.924. The molecule has 0 atom stereocenters. The molecule has 0 saturated carbocycles. The molecule has 1 aliphatic rings. The minimum absolute atomic E-state index is 0.665. The van der Waals surface area contributed by atoms with Gasteiger partial charge in [-0.05, 0) is 31.4 Å². The van der Waals surface area contributed by atoms with Crippen molar-refractivity contribution in [3.8, 4) is 0 Å². The number of pyridine rings is 1. The van der Waals surface area contributed by atoms with E-state index in [-0.39, 0.29) is 0 Å². The summed E-state index contributed by atoms with van der Waals surface area (Å²) in [5, 5.41) is 3.31. The summed E-state index contributed by atoms with van der Waals surface area (Å²) in [5.74, 6) is 1.08. The Hall–Kier alpha value is -2.17. The fourth-order valence-electron chi connectivity index (χ4n) is 2.41. The Morgan fingerprint density at radius 3 is 2.60 bits per heavy atom. The highest BCUT2D eigenvalue weighted by atomic mass is 15.2. The van der Waals surface area contributed by atoms with E-state index in [0.29, 0.717) is 6.54 Å². The van der Waals surface area contributed by atoms with Crippen LogP contribution in [-0.2, 0) is 6.54 Å². The minimum atomic E-state index is 0.665. The number of aromatic nitrogens is 3. The zero-order valence-electron chi connectivity index (χ0n) is 11.5. The summed E-state index contributed by atoms with van der Waals surface area (Å²) >= 11 is 0. The Bertz CT molecular complexity index is 520. The van der Waals surface area contributed by atoms with Crippen LogP contribution in [0.15, 0.2) is 36.9 Å². The van der Waals surface area contributed by atoms with Gasteiger partial charge in [0.15, 0.2) is 0 Å². The molecule has 2 aromatic heterocycles. The van der Waals surface area contributed by atoms with Gasteiger partial charge in [0.05, 0.1) is 30.3 Å². The molecule has 0 unspecified atom stereocenters. The summed E-state index contributed by atoms with van der Waals surface area (Å²) in [6.45, 7) is 2.91. The van der Waals surface area contributed by atoms with E-state index in [2.05, 4.69) is 37.3 Å². The van der Waals surface area contributed by atoms with Crippen molar-refractivity contribution in [3.05, 3.63) is 42.6 Å². The molecule has 1 saturated heterocycles. The first-order valence-corrected chi connectivity index (χ1v) is 7.11. The Labute approximate surface area is 119 Å². The van der Waals surface area contributed by atoms with Crippen molar-refractivity contribution in [3.63, 3.8) is 0 Å². The molecule has 1 fully saturated rings. The lowest BCUT2D eigenvalue weighted by Gasteiger charge is -2.27. The lowest BCUT2D eigenvalue weighted by molar-refractivity contribution is 0.573. The largest absolute Gasteiger partial charge is 0.378 e. The van der Waals surface area contributed by atoms with Crippen LogP contribution in [0, 0.1) is 0 Å². The fourth-order valence-corrected chi connectivity index (χ4v) is 2.41. The average molecular weight is 269 g/mol. The molecular formula is C15H19N5. The SMILES string of the molecule is c1cnc(CNc2ccc(N3CCCCC3)nc2)cn1. The first-order valence-electron chi connectivity index (χ1n) is 7.11. The van der Waals surface area contributed by atoms with Gasteiger partial charge in [0.1, 0.15) is 5.82 Å². The van der Waals surface area contributed by atoms with Gasteiger partial charge in [-0.3, -0.25) is 9.97 Å². The maximum Gasteiger partial charge on any atom is 0.128 e. The van der Waals surface area contributed by atoms with E-state index < -0.39 is 0 Å². The van der Waals surface area contributed by atoms with Crippen molar-refractivity contribution in [2.45, 2.75) is 25.8 Å². The third kappa shape index (κ3) is 3.23. The second kappa shape index (κ2) is 6.32. The van der Waals surface area contributed by atoms with Crippen LogP contribution >= 0.6 is 0 Å². The van der Waals surface area contributed by atoms with Crippen molar-refractivity contribution in [1.29, 1.82) is 0 Å². The predicted molar refractivity (Wildman–Crippen MR) is 79.7 cm³/mol. The molecule has 1 aliphatic heterocycles. The van der Waals surface area contributed by atoms with Gasteiger partial charge in [-0.25, -0.2) is 4.98 Å². The summed E-state index contributed by atoms with van der Waals surface area (Å²) in [7, 11) is 0. The van der Waals surface area contributed by atoms with Crippen LogP contribution in [0.5, 0.6) is 0 Å². The van der Waals surface area contributed by atoms with Crippen LogP contribution in [0.25, 0.3) is 0 Å². The van der Waals surface area contributed by atoms with Crippen molar-refractivity contribution < 1.29 is 0 Å². The minimum Gasteiger partial charge on any atom is -0.378 e. The van der Waals surface area contributed by atoms with Crippen molar-refractivity contribution in [1.82, 2.24) is 15.0 Å². The van der Waals surface area contributed by atoms with E-state index in [1.54, 1.807) is 18.6 Å². The number of hydrogen-bond donors (Lipinski definition) is 1. The van der Waals surface area contributed by atoms with Gasteiger partial charge >= 0.3 is 0 Å². The van der Waals surface area contributed by atoms with E-state index >= 15 is 0 Å². The van der Waals surface area contributed by atoms with Gasteiger partial charge in [-0.15, -0.1) is 0 Å². The fraction of sp³-hybridized carbons (Fsp3) is 0.400. The zero-order valence-corrected chi connectivity index (χ0v) is 11.5. The molecule has 0 amide bonds. The highest BCUT2D eigenvalue weighted by molar-refractivity contribution is 5.48. The molecule has 104 valence electrons. The number of anilines is 2. The van der Waals surface area contributed by atoms with Crippen LogP contribution in [0.1, 0.15) is 25.0 Å². The van der Waals surface area contributed by atoms with Gasteiger partial charge in [-0.1, -0.05) is 0 Å². The molecule has 2 aromatic rings. The van der Waals surface area contributed by atoms with Crippen LogP contribution in [0.2, 0.25) is 0 Å². The van der Waals surface area contributed by atoms with Crippen LogP contribution in [-0.4, -0.2) is 28.0 Å². The second-order valence-electron chi connectivity index (χ2n) is 5.00. The summed E-state index contributed by atoms with van der Waals surface area (Å²) in [5.41, 5.74) is 1.93. The van der Waals surface area contributed by atoms with E-state index in [1.807, 2.05) is 6.20 Å². The Morgan fingerprint density at radius 1 is 1.00 bits per heavy atom. The van der Waals surface area contributed by atoms with E-state index in [9.17, 15) is 0 Å². The van der Waals surface area contributed by atoms with Gasteiger partial charge < -0.3 is 10.2 Å². The first kappa shape index (κ1) is 12.8. The smallest absolute Gasteiger partial charge is 0.128 e. The summed E-state index contributed by atoms with van der Waals surface area (Å²) in [6, 6.07) is 4.16. The molecule has 20 heavy (non-hydrogen) atoms. The van der Waals surface area contributed by atoms with E-state index in [0.717, 1.165) is 30.3 Å². The highest BCUT2D eigenvalue weighted by Gasteiger charge is 2.11. The molecule has 5 nitrogen and oxygen atoms in total. The van der Waals surface area contributed by atoms with Gasteiger partial charge in [0.2, 0.25) is 0 Å². The summed E-state index contributed by atoms with van der Waals surface area (Å²) < 4.78 is 0. The van der Waals surface area contributed by atoms with E-state index in [1.165, 1.54) is 19.3 Å². The van der Waals surface area contributed by atoms with Gasteiger partial charge in [-0.2, -0.15) is 0 Å². The molecule has 0 spiro atoms. The zero-order chi connectivity index (χ0) is 13.6. The highest BCUT2D eigenvalue weighted by Crippen LogP contribution is 2.19. The number of hydrogen-bond acceptors (Lipinski definition) is 5. The van der Waals surface area contributed by atoms with E-state index in [4.69, 9.17) is 0 Å². The first-order chi connectivity index (χ1) is 9.92. The average Bonchev–Trinajstić information content (AvgIpc) is 2.55. The molecule has 0 radical (unpaired) electrons. The number of rotatable bonds is 4. The third-order valence-electron chi connectivity index (χ3n) is 3.52. The summed E-state index contributed by atoms with van der Waals surface area (Å²) in [4.78, 5) is 15.2. The van der Waals surface area contributed by atoms with Crippen LogP contribution < -0.4 is 10.2 Å². The molecule has 3 rings (SSSR count). The predicted octanol–water partition coefficient (Wildman–Crippen LogP) is 2.47.